The molecule has 2 aromatic rings. The van der Waals surface area contributed by atoms with Crippen molar-refractivity contribution in [2.75, 3.05) is 0 Å². The molecule has 2 nitrogen and oxygen atoms in total. The minimum atomic E-state index is -1.30. The van der Waals surface area contributed by atoms with Crippen molar-refractivity contribution in [3.05, 3.63) is 68.7 Å². The van der Waals surface area contributed by atoms with Gasteiger partial charge in [0.1, 0.15) is 17.6 Å². The Kier molecular flexibility index (Phi) is 4.71. The summed E-state index contributed by atoms with van der Waals surface area (Å²) in [6, 6.07) is 9.68. The molecule has 1 atom stereocenters. The number of Topliss-reactive ketones (excluding diaryl/α,β-unsaturated/α-hetero) is 1. The lowest BCUT2D eigenvalue weighted by Gasteiger charge is -2.10. The maximum atomic E-state index is 13.8. The fraction of sp³-hybridized carbons (Fsp3) is 0.0667. The van der Waals surface area contributed by atoms with E-state index in [4.69, 9.17) is 16.9 Å². The lowest BCUT2D eigenvalue weighted by atomic mass is 9.91. The Hall–Kier alpha value is -1.77. The lowest BCUT2D eigenvalue weighted by molar-refractivity contribution is 0.0970. The molecule has 0 bridgehead atoms. The van der Waals surface area contributed by atoms with Crippen molar-refractivity contribution in [3.63, 3.8) is 0 Å². The summed E-state index contributed by atoms with van der Waals surface area (Å²) in [4.78, 5) is 12.3. The van der Waals surface area contributed by atoms with Crippen molar-refractivity contribution in [2.45, 2.75) is 5.92 Å². The average molecular weight is 371 g/mol. The van der Waals surface area contributed by atoms with E-state index in [-0.39, 0.29) is 4.47 Å². The third-order valence-electron chi connectivity index (χ3n) is 2.85. The van der Waals surface area contributed by atoms with Crippen LogP contribution in [0.2, 0.25) is 5.02 Å². The van der Waals surface area contributed by atoms with Crippen LogP contribution in [0, 0.1) is 23.0 Å². The van der Waals surface area contributed by atoms with E-state index in [1.54, 1.807) is 6.07 Å². The monoisotopic (exact) mass is 369 g/mol. The number of hydrogen-bond acceptors (Lipinski definition) is 2. The van der Waals surface area contributed by atoms with Gasteiger partial charge in [0, 0.05) is 9.50 Å². The van der Waals surface area contributed by atoms with Gasteiger partial charge in [0.15, 0.2) is 5.78 Å². The second kappa shape index (κ2) is 6.33. The van der Waals surface area contributed by atoms with Gasteiger partial charge in [-0.3, -0.25) is 4.79 Å². The topological polar surface area (TPSA) is 40.9 Å². The molecular weight excluding hydrogens is 364 g/mol. The molecule has 0 amide bonds. The Morgan fingerprint density at radius 3 is 2.19 bits per heavy atom. The van der Waals surface area contributed by atoms with Crippen molar-refractivity contribution < 1.29 is 13.6 Å². The van der Waals surface area contributed by atoms with Crippen LogP contribution in [0.1, 0.15) is 21.8 Å². The highest BCUT2D eigenvalue weighted by molar-refractivity contribution is 9.10. The van der Waals surface area contributed by atoms with Crippen LogP contribution in [0.15, 0.2) is 40.9 Å². The third kappa shape index (κ3) is 3.29. The molecule has 21 heavy (non-hydrogen) atoms. The summed E-state index contributed by atoms with van der Waals surface area (Å²) in [6.45, 7) is 0. The van der Waals surface area contributed by atoms with Crippen LogP contribution in [0.3, 0.4) is 0 Å². The first-order chi connectivity index (χ1) is 9.93. The normalized spacial score (nSPS) is 11.8. The van der Waals surface area contributed by atoms with Gasteiger partial charge >= 0.3 is 0 Å². The van der Waals surface area contributed by atoms with Crippen molar-refractivity contribution in [3.8, 4) is 6.07 Å². The van der Waals surface area contributed by atoms with Gasteiger partial charge in [-0.1, -0.05) is 39.7 Å². The predicted octanol–water partition coefficient (Wildman–Crippen LogP) is 4.87. The van der Waals surface area contributed by atoms with Crippen LogP contribution in [-0.4, -0.2) is 5.78 Å². The van der Waals surface area contributed by atoms with Gasteiger partial charge < -0.3 is 0 Å². The van der Waals surface area contributed by atoms with Gasteiger partial charge in [0.05, 0.1) is 11.6 Å². The zero-order chi connectivity index (χ0) is 15.6. The Labute approximate surface area is 133 Å². The highest BCUT2D eigenvalue weighted by atomic mass is 79.9. The van der Waals surface area contributed by atoms with Crippen LogP contribution in [-0.2, 0) is 0 Å². The highest BCUT2D eigenvalue weighted by Crippen LogP contribution is 2.27. The number of benzene rings is 2. The molecule has 0 aliphatic heterocycles. The van der Waals surface area contributed by atoms with E-state index < -0.39 is 28.9 Å². The number of rotatable bonds is 3. The quantitative estimate of drug-likeness (QED) is 0.723. The number of ketones is 1. The molecule has 0 saturated carbocycles. The maximum absolute atomic E-state index is 13.8. The largest absolute Gasteiger partial charge is 0.292 e. The number of carbonyl (C=O) groups is 1. The number of nitriles is 1. The Bertz CT molecular complexity index is 717. The molecule has 0 aliphatic rings. The van der Waals surface area contributed by atoms with E-state index in [1.807, 2.05) is 0 Å². The van der Waals surface area contributed by atoms with E-state index in [9.17, 15) is 13.6 Å². The van der Waals surface area contributed by atoms with E-state index in [2.05, 4.69) is 15.9 Å². The standard InChI is InChI=1S/C15H7BrClF2NO/c16-9-5-12(18)14(13(19)6-9)15(21)11(7-20)8-1-3-10(17)4-2-8/h1-6,11H. The summed E-state index contributed by atoms with van der Waals surface area (Å²) < 4.78 is 27.8. The van der Waals surface area contributed by atoms with Crippen molar-refractivity contribution in [1.29, 1.82) is 5.26 Å². The SMILES string of the molecule is N#CC(C(=O)c1c(F)cc(Br)cc1F)c1ccc(Cl)cc1. The van der Waals surface area contributed by atoms with Gasteiger partial charge in [0.25, 0.3) is 0 Å². The fourth-order valence-electron chi connectivity index (χ4n) is 1.86. The van der Waals surface area contributed by atoms with Crippen LogP contribution in [0.25, 0.3) is 0 Å². The van der Waals surface area contributed by atoms with E-state index in [0.29, 0.717) is 10.6 Å². The number of halogens is 4. The van der Waals surface area contributed by atoms with Gasteiger partial charge in [0.2, 0.25) is 0 Å². The molecule has 0 fully saturated rings. The smallest absolute Gasteiger partial charge is 0.190 e. The lowest BCUT2D eigenvalue weighted by Crippen LogP contribution is -2.15. The minimum Gasteiger partial charge on any atom is -0.292 e. The summed E-state index contributed by atoms with van der Waals surface area (Å²) in [5.74, 6) is -4.25. The molecule has 0 radical (unpaired) electrons. The summed E-state index contributed by atoms with van der Waals surface area (Å²) in [5.41, 5.74) is -0.395. The van der Waals surface area contributed by atoms with Crippen LogP contribution in [0.4, 0.5) is 8.78 Å². The molecule has 0 aromatic heterocycles. The summed E-state index contributed by atoms with van der Waals surface area (Å²) in [6.07, 6.45) is 0. The molecule has 0 aliphatic carbocycles. The first-order valence-electron chi connectivity index (χ1n) is 5.78. The Morgan fingerprint density at radius 2 is 1.71 bits per heavy atom. The Balaban J connectivity index is 2.47. The molecule has 0 heterocycles. The van der Waals surface area contributed by atoms with Crippen molar-refractivity contribution >= 4 is 33.3 Å². The van der Waals surface area contributed by atoms with Crippen LogP contribution in [0.5, 0.6) is 0 Å². The molecule has 1 unspecified atom stereocenters. The number of nitrogens with zero attached hydrogens (tertiary/aromatic N) is 1. The van der Waals surface area contributed by atoms with Gasteiger partial charge in [-0.2, -0.15) is 5.26 Å². The molecule has 6 heteroatoms. The second-order valence-electron chi connectivity index (χ2n) is 4.22. The fourth-order valence-corrected chi connectivity index (χ4v) is 2.39. The van der Waals surface area contributed by atoms with Crippen molar-refractivity contribution in [2.24, 2.45) is 0 Å². The summed E-state index contributed by atoms with van der Waals surface area (Å²) in [7, 11) is 0. The molecule has 0 N–H and O–H groups in total. The highest BCUT2D eigenvalue weighted by Gasteiger charge is 2.27. The first kappa shape index (κ1) is 15.6. The molecular formula is C15H7BrClF2NO. The average Bonchev–Trinajstić information content (AvgIpc) is 2.40. The molecule has 0 spiro atoms. The van der Waals surface area contributed by atoms with Gasteiger partial charge in [-0.15, -0.1) is 0 Å². The molecule has 0 saturated heterocycles. The van der Waals surface area contributed by atoms with Crippen LogP contribution < -0.4 is 0 Å². The minimum absolute atomic E-state index is 0.175. The summed E-state index contributed by atoms with van der Waals surface area (Å²) in [5, 5.41) is 9.59. The first-order valence-corrected chi connectivity index (χ1v) is 6.95. The predicted molar refractivity (Wildman–Crippen MR) is 78.2 cm³/mol. The second-order valence-corrected chi connectivity index (χ2v) is 5.57. The third-order valence-corrected chi connectivity index (χ3v) is 3.56. The van der Waals surface area contributed by atoms with Crippen LogP contribution >= 0.6 is 27.5 Å². The number of carbonyl (C=O) groups excluding carboxylic acids is 1. The zero-order valence-corrected chi connectivity index (χ0v) is 12.8. The molecule has 2 aromatic carbocycles. The molecule has 106 valence electrons. The zero-order valence-electron chi connectivity index (χ0n) is 10.4. The van der Waals surface area contributed by atoms with E-state index in [0.717, 1.165) is 12.1 Å². The van der Waals surface area contributed by atoms with Gasteiger partial charge in [-0.25, -0.2) is 8.78 Å². The number of hydrogen-bond donors (Lipinski definition) is 0. The Morgan fingerprint density at radius 1 is 1.19 bits per heavy atom. The summed E-state index contributed by atoms with van der Waals surface area (Å²) >= 11 is 8.66. The van der Waals surface area contributed by atoms with E-state index >= 15 is 0 Å². The van der Waals surface area contributed by atoms with Gasteiger partial charge in [-0.05, 0) is 29.8 Å². The van der Waals surface area contributed by atoms with Crippen molar-refractivity contribution in [1.82, 2.24) is 0 Å². The molecule has 2 rings (SSSR count). The maximum Gasteiger partial charge on any atom is 0.190 e. The van der Waals surface area contributed by atoms with E-state index in [1.165, 1.54) is 24.3 Å².